The summed E-state index contributed by atoms with van der Waals surface area (Å²) >= 11 is 11.1. The fourth-order valence-electron chi connectivity index (χ4n) is 1.54. The van der Waals surface area contributed by atoms with Crippen molar-refractivity contribution in [3.8, 4) is 0 Å². The van der Waals surface area contributed by atoms with E-state index in [-0.39, 0.29) is 0 Å². The van der Waals surface area contributed by atoms with Gasteiger partial charge in [0.25, 0.3) is 0 Å². The first-order valence-corrected chi connectivity index (χ1v) is 7.86. The third-order valence-corrected chi connectivity index (χ3v) is 4.99. The minimum Gasteiger partial charge on any atom is -0.383 e. The van der Waals surface area contributed by atoms with Gasteiger partial charge in [-0.3, -0.25) is 0 Å². The molecule has 1 heterocycles. The molecule has 0 aliphatic heterocycles. The molecule has 1 aromatic rings. The Balaban J connectivity index is 1.97. The fourth-order valence-corrected chi connectivity index (χ4v) is 3.37. The Morgan fingerprint density at radius 3 is 2.82 bits per heavy atom. The zero-order valence-corrected chi connectivity index (χ0v) is 13.3. The van der Waals surface area contributed by atoms with Crippen LogP contribution >= 0.6 is 38.9 Å². The zero-order chi connectivity index (χ0) is 12.5. The van der Waals surface area contributed by atoms with Crippen molar-refractivity contribution in [3.05, 3.63) is 19.8 Å². The molecule has 0 saturated carbocycles. The number of rotatable bonds is 9. The highest BCUT2D eigenvalue weighted by molar-refractivity contribution is 9.10. The monoisotopic (exact) mass is 339 g/mol. The van der Waals surface area contributed by atoms with E-state index in [1.54, 1.807) is 18.4 Å². The number of nitrogens with one attached hydrogen (secondary N) is 1. The van der Waals surface area contributed by atoms with Crippen LogP contribution in [0.15, 0.2) is 10.5 Å². The molecule has 2 nitrogen and oxygen atoms in total. The zero-order valence-electron chi connectivity index (χ0n) is 10.1. The summed E-state index contributed by atoms with van der Waals surface area (Å²) in [7, 11) is 1.73. The standard InChI is InChI=1S/C12H19BrClNOS/c1-16-8-7-15-6-4-2-3-5-10-9-11(13)12(14)17-10/h9,15H,2-8H2,1H3. The molecule has 1 N–H and O–H groups in total. The third kappa shape index (κ3) is 6.77. The van der Waals surface area contributed by atoms with E-state index in [9.17, 15) is 0 Å². The normalized spacial score (nSPS) is 11.0. The van der Waals surface area contributed by atoms with Crippen molar-refractivity contribution >= 4 is 38.9 Å². The van der Waals surface area contributed by atoms with Gasteiger partial charge in [0, 0.05) is 23.0 Å². The van der Waals surface area contributed by atoms with Gasteiger partial charge in [0.1, 0.15) is 4.34 Å². The van der Waals surface area contributed by atoms with Crippen molar-refractivity contribution < 1.29 is 4.74 Å². The molecule has 1 aromatic heterocycles. The van der Waals surface area contributed by atoms with Crippen molar-refractivity contribution in [3.63, 3.8) is 0 Å². The Hall–Kier alpha value is 0.390. The Morgan fingerprint density at radius 2 is 2.18 bits per heavy atom. The molecule has 0 bridgehead atoms. The summed E-state index contributed by atoms with van der Waals surface area (Å²) in [6.45, 7) is 2.82. The number of halogens is 2. The molecule has 0 amide bonds. The minimum absolute atomic E-state index is 0.793. The molecule has 1 rings (SSSR count). The number of hydrogen-bond acceptors (Lipinski definition) is 3. The van der Waals surface area contributed by atoms with Crippen molar-refractivity contribution in [2.24, 2.45) is 0 Å². The van der Waals surface area contributed by atoms with Gasteiger partial charge in [0.2, 0.25) is 0 Å². The predicted molar refractivity (Wildman–Crippen MR) is 79.3 cm³/mol. The van der Waals surface area contributed by atoms with Gasteiger partial charge < -0.3 is 10.1 Å². The van der Waals surface area contributed by atoms with Crippen LogP contribution in [0.3, 0.4) is 0 Å². The number of unbranched alkanes of at least 4 members (excludes halogenated alkanes) is 2. The van der Waals surface area contributed by atoms with E-state index >= 15 is 0 Å². The average molecular weight is 341 g/mol. The summed E-state index contributed by atoms with van der Waals surface area (Å²) in [4.78, 5) is 1.37. The lowest BCUT2D eigenvalue weighted by atomic mass is 10.2. The molecule has 0 fully saturated rings. The van der Waals surface area contributed by atoms with Crippen molar-refractivity contribution in [2.45, 2.75) is 25.7 Å². The van der Waals surface area contributed by atoms with Gasteiger partial charge in [-0.05, 0) is 47.8 Å². The quantitative estimate of drug-likeness (QED) is 0.683. The van der Waals surface area contributed by atoms with Crippen LogP contribution in [0.1, 0.15) is 24.1 Å². The average Bonchev–Trinajstić information content (AvgIpc) is 2.62. The Morgan fingerprint density at radius 1 is 1.35 bits per heavy atom. The first-order chi connectivity index (χ1) is 8.24. The van der Waals surface area contributed by atoms with E-state index in [1.165, 1.54) is 24.1 Å². The summed E-state index contributed by atoms with van der Waals surface area (Å²) < 4.78 is 6.85. The highest BCUT2D eigenvalue weighted by Crippen LogP contribution is 2.32. The van der Waals surface area contributed by atoms with Crippen molar-refractivity contribution in [2.75, 3.05) is 26.8 Å². The number of hydrogen-bond donors (Lipinski definition) is 1. The van der Waals surface area contributed by atoms with E-state index in [4.69, 9.17) is 16.3 Å². The molecule has 0 saturated heterocycles. The smallest absolute Gasteiger partial charge is 0.107 e. The predicted octanol–water partition coefficient (Wildman–Crippen LogP) is 4.11. The number of aryl methyl sites for hydroxylation is 1. The number of thiophene rings is 1. The van der Waals surface area contributed by atoms with Gasteiger partial charge in [0.15, 0.2) is 0 Å². The van der Waals surface area contributed by atoms with E-state index in [0.717, 1.165) is 34.9 Å². The van der Waals surface area contributed by atoms with Crippen LogP contribution in [-0.2, 0) is 11.2 Å². The van der Waals surface area contributed by atoms with Crippen LogP contribution < -0.4 is 5.32 Å². The molecule has 0 aromatic carbocycles. The summed E-state index contributed by atoms with van der Waals surface area (Å²) in [5, 5.41) is 3.35. The van der Waals surface area contributed by atoms with Gasteiger partial charge in [-0.15, -0.1) is 11.3 Å². The van der Waals surface area contributed by atoms with Gasteiger partial charge in [-0.2, -0.15) is 0 Å². The van der Waals surface area contributed by atoms with Crippen LogP contribution in [0, 0.1) is 0 Å². The first kappa shape index (κ1) is 15.4. The maximum absolute atomic E-state index is 5.99. The van der Waals surface area contributed by atoms with Gasteiger partial charge >= 0.3 is 0 Å². The van der Waals surface area contributed by atoms with Crippen LogP contribution in [0.25, 0.3) is 0 Å². The van der Waals surface area contributed by atoms with E-state index in [0.29, 0.717) is 0 Å². The maximum Gasteiger partial charge on any atom is 0.107 e. The molecule has 17 heavy (non-hydrogen) atoms. The molecule has 0 spiro atoms. The summed E-state index contributed by atoms with van der Waals surface area (Å²) in [6.07, 6.45) is 4.85. The topological polar surface area (TPSA) is 21.3 Å². The second-order valence-corrected chi connectivity index (χ2v) is 6.48. The maximum atomic E-state index is 5.99. The minimum atomic E-state index is 0.793. The Kier molecular flexibility index (Phi) is 8.48. The van der Waals surface area contributed by atoms with E-state index in [2.05, 4.69) is 27.3 Å². The van der Waals surface area contributed by atoms with E-state index in [1.807, 2.05) is 0 Å². The second-order valence-electron chi connectivity index (χ2n) is 3.89. The van der Waals surface area contributed by atoms with Crippen LogP contribution in [0.2, 0.25) is 4.34 Å². The lowest BCUT2D eigenvalue weighted by Crippen LogP contribution is -2.20. The van der Waals surface area contributed by atoms with Crippen LogP contribution in [0.4, 0.5) is 0 Å². The summed E-state index contributed by atoms with van der Waals surface area (Å²) in [6, 6.07) is 2.13. The van der Waals surface area contributed by atoms with Crippen LogP contribution in [-0.4, -0.2) is 26.8 Å². The molecular weight excluding hydrogens is 322 g/mol. The SMILES string of the molecule is COCCNCCCCCc1cc(Br)c(Cl)s1. The molecule has 0 unspecified atom stereocenters. The lowest BCUT2D eigenvalue weighted by molar-refractivity contribution is 0.199. The largest absolute Gasteiger partial charge is 0.383 e. The van der Waals surface area contributed by atoms with Gasteiger partial charge in [0.05, 0.1) is 6.61 Å². The molecule has 0 aliphatic rings. The van der Waals surface area contributed by atoms with E-state index < -0.39 is 0 Å². The first-order valence-electron chi connectivity index (χ1n) is 5.87. The second kappa shape index (κ2) is 9.34. The Labute approximate surface area is 121 Å². The van der Waals surface area contributed by atoms with Crippen molar-refractivity contribution in [1.29, 1.82) is 0 Å². The number of methoxy groups -OCH3 is 1. The molecule has 0 radical (unpaired) electrons. The van der Waals surface area contributed by atoms with Gasteiger partial charge in [-0.25, -0.2) is 0 Å². The molecule has 0 aliphatic carbocycles. The van der Waals surface area contributed by atoms with Crippen molar-refractivity contribution in [1.82, 2.24) is 5.32 Å². The highest BCUT2D eigenvalue weighted by Gasteiger charge is 2.03. The molecule has 98 valence electrons. The molecule has 0 atom stereocenters. The third-order valence-electron chi connectivity index (χ3n) is 2.46. The van der Waals surface area contributed by atoms with Crippen LogP contribution in [0.5, 0.6) is 0 Å². The molecular formula is C12H19BrClNOS. The summed E-state index contributed by atoms with van der Waals surface area (Å²) in [5.41, 5.74) is 0. The number of ether oxygens (including phenoxy) is 1. The van der Waals surface area contributed by atoms with Gasteiger partial charge in [-0.1, -0.05) is 18.0 Å². The lowest BCUT2D eigenvalue weighted by Gasteiger charge is -2.03. The fraction of sp³-hybridized carbons (Fsp3) is 0.667. The Bertz CT molecular complexity index is 300. The summed E-state index contributed by atoms with van der Waals surface area (Å²) in [5.74, 6) is 0. The highest BCUT2D eigenvalue weighted by atomic mass is 79.9. The molecule has 5 heteroatoms.